The van der Waals surface area contributed by atoms with Crippen molar-refractivity contribution in [2.24, 2.45) is 0 Å². The molecule has 1 fully saturated rings. The highest BCUT2D eigenvalue weighted by molar-refractivity contribution is 6.59. The van der Waals surface area contributed by atoms with Crippen LogP contribution < -0.4 is 0 Å². The second-order valence-corrected chi connectivity index (χ2v) is 4.47. The van der Waals surface area contributed by atoms with Crippen LogP contribution in [-0.2, 0) is 0 Å². The van der Waals surface area contributed by atoms with Crippen molar-refractivity contribution in [1.82, 2.24) is 0 Å². The lowest BCUT2D eigenvalue weighted by Gasteiger charge is -2.45. The molecule has 0 unspecified atom stereocenters. The molecule has 0 heterocycles. The topological polar surface area (TPSA) is 0 Å². The summed E-state index contributed by atoms with van der Waals surface area (Å²) in [5.74, 6) is 0. The predicted molar refractivity (Wildman–Crippen MR) is 53.6 cm³/mol. The van der Waals surface area contributed by atoms with Gasteiger partial charge in [-0.3, -0.25) is 0 Å². The second kappa shape index (κ2) is 3.64. The summed E-state index contributed by atoms with van der Waals surface area (Å²) in [5, 5.41) is 0.774. The lowest BCUT2D eigenvalue weighted by molar-refractivity contribution is 0.302. The quantitative estimate of drug-likeness (QED) is 0.536. The van der Waals surface area contributed by atoms with Crippen molar-refractivity contribution in [3.63, 3.8) is 0 Å². The van der Waals surface area contributed by atoms with E-state index in [4.69, 9.17) is 0 Å². The van der Waals surface area contributed by atoms with Crippen molar-refractivity contribution < 1.29 is 0 Å². The first-order valence-electron chi connectivity index (χ1n) is 5.21. The molecule has 64 valence electrons. The minimum absolute atomic E-state index is 0.774. The number of unbranched alkanes of at least 4 members (excludes halogenated alkanes) is 1. The molecule has 0 nitrogen and oxygen atoms in total. The fraction of sp³-hybridized carbons (Fsp3) is 1.00. The smallest absolute Gasteiger partial charge is 0.0858 e. The molecule has 1 rings (SSSR count). The molecule has 0 aromatic rings. The van der Waals surface area contributed by atoms with Gasteiger partial charge in [0.25, 0.3) is 0 Å². The van der Waals surface area contributed by atoms with E-state index in [9.17, 15) is 0 Å². The Morgan fingerprint density at radius 3 is 2.18 bits per heavy atom. The molecular weight excluding hydrogens is 131 g/mol. The summed E-state index contributed by atoms with van der Waals surface area (Å²) in [4.78, 5) is 0. The van der Waals surface area contributed by atoms with Gasteiger partial charge in [0.1, 0.15) is 6.71 Å². The molecule has 1 heteroatoms. The van der Waals surface area contributed by atoms with Crippen LogP contribution in [0.15, 0.2) is 0 Å². The third-order valence-electron chi connectivity index (χ3n) is 3.60. The first kappa shape index (κ1) is 9.16. The van der Waals surface area contributed by atoms with Crippen LogP contribution in [-0.4, -0.2) is 6.71 Å². The van der Waals surface area contributed by atoms with Crippen LogP contribution in [0.3, 0.4) is 0 Å². The van der Waals surface area contributed by atoms with Gasteiger partial charge in [-0.2, -0.15) is 0 Å². The molecule has 0 radical (unpaired) electrons. The van der Waals surface area contributed by atoms with Gasteiger partial charge in [0.15, 0.2) is 0 Å². The molecule has 0 aromatic carbocycles. The van der Waals surface area contributed by atoms with Crippen molar-refractivity contribution >= 4 is 6.71 Å². The van der Waals surface area contributed by atoms with Gasteiger partial charge >= 0.3 is 0 Å². The van der Waals surface area contributed by atoms with Crippen LogP contribution in [0, 0.1) is 0 Å². The third-order valence-corrected chi connectivity index (χ3v) is 3.60. The maximum Gasteiger partial charge on any atom is 0.140 e. The van der Waals surface area contributed by atoms with Gasteiger partial charge < -0.3 is 0 Å². The van der Waals surface area contributed by atoms with Gasteiger partial charge in [0, 0.05) is 0 Å². The summed E-state index contributed by atoms with van der Waals surface area (Å²) in [6, 6.07) is 0. The van der Waals surface area contributed by atoms with E-state index in [2.05, 4.69) is 20.6 Å². The summed E-state index contributed by atoms with van der Waals surface area (Å²) in [6.45, 7) is 8.01. The van der Waals surface area contributed by atoms with E-state index in [1.54, 1.807) is 0 Å². The lowest BCUT2D eigenvalue weighted by atomic mass is 9.29. The van der Waals surface area contributed by atoms with Crippen LogP contribution in [0.25, 0.3) is 0 Å². The van der Waals surface area contributed by atoms with Crippen molar-refractivity contribution in [1.29, 1.82) is 0 Å². The zero-order valence-corrected chi connectivity index (χ0v) is 8.32. The summed E-state index contributed by atoms with van der Waals surface area (Å²) in [6.07, 6.45) is 8.80. The Labute approximate surface area is 71.8 Å². The minimum atomic E-state index is 0.774. The Balaban J connectivity index is 2.34. The standard InChI is InChI=1S/C10H21B/c1-4-5-7-10(11(2)3)8-6-9-10/h4-9H2,1-3H3. The fourth-order valence-corrected chi connectivity index (χ4v) is 2.28. The highest BCUT2D eigenvalue weighted by atomic mass is 14.3. The predicted octanol–water partition coefficient (Wildman–Crippen LogP) is 3.86. The molecule has 0 spiro atoms. The molecule has 1 saturated carbocycles. The molecule has 1 aliphatic rings. The van der Waals surface area contributed by atoms with Crippen LogP contribution in [0.4, 0.5) is 0 Å². The second-order valence-electron chi connectivity index (χ2n) is 4.47. The molecular formula is C10H21B. The monoisotopic (exact) mass is 152 g/mol. The number of hydrogen-bond acceptors (Lipinski definition) is 0. The van der Waals surface area contributed by atoms with Crippen LogP contribution >= 0.6 is 0 Å². The van der Waals surface area contributed by atoms with E-state index in [1.807, 2.05) is 0 Å². The summed E-state index contributed by atoms with van der Waals surface area (Å²) in [5.41, 5.74) is 0. The summed E-state index contributed by atoms with van der Waals surface area (Å²) >= 11 is 0. The molecule has 0 N–H and O–H groups in total. The zero-order valence-electron chi connectivity index (χ0n) is 8.32. The SMILES string of the molecule is CCCCC1(B(C)C)CCC1. The van der Waals surface area contributed by atoms with Gasteiger partial charge in [0.05, 0.1) is 0 Å². The van der Waals surface area contributed by atoms with Crippen molar-refractivity contribution in [2.75, 3.05) is 0 Å². The highest BCUT2D eigenvalue weighted by Crippen LogP contribution is 2.54. The van der Waals surface area contributed by atoms with E-state index < -0.39 is 0 Å². The van der Waals surface area contributed by atoms with Crippen molar-refractivity contribution in [2.45, 2.75) is 64.4 Å². The van der Waals surface area contributed by atoms with Crippen LogP contribution in [0.1, 0.15) is 45.4 Å². The lowest BCUT2D eigenvalue weighted by Crippen LogP contribution is -2.34. The normalized spacial score (nSPS) is 21.0. The molecule has 0 amide bonds. The van der Waals surface area contributed by atoms with E-state index in [-0.39, 0.29) is 0 Å². The van der Waals surface area contributed by atoms with Gasteiger partial charge in [-0.1, -0.05) is 64.4 Å². The first-order chi connectivity index (χ1) is 5.21. The van der Waals surface area contributed by atoms with E-state index in [0.29, 0.717) is 0 Å². The van der Waals surface area contributed by atoms with Crippen LogP contribution in [0.2, 0.25) is 19.0 Å². The van der Waals surface area contributed by atoms with Gasteiger partial charge in [-0.25, -0.2) is 0 Å². The number of hydrogen-bond donors (Lipinski definition) is 0. The Hall–Kier alpha value is 0.0649. The Morgan fingerprint density at radius 1 is 1.27 bits per heavy atom. The number of rotatable bonds is 4. The molecule has 0 atom stereocenters. The van der Waals surface area contributed by atoms with Crippen molar-refractivity contribution in [3.8, 4) is 0 Å². The fourth-order valence-electron chi connectivity index (χ4n) is 2.28. The average Bonchev–Trinajstić information content (AvgIpc) is 1.85. The molecule has 0 aromatic heterocycles. The Morgan fingerprint density at radius 2 is 1.91 bits per heavy atom. The van der Waals surface area contributed by atoms with Gasteiger partial charge in [-0.05, 0) is 0 Å². The first-order valence-corrected chi connectivity index (χ1v) is 5.21. The third kappa shape index (κ3) is 1.80. The van der Waals surface area contributed by atoms with E-state index >= 15 is 0 Å². The maximum absolute atomic E-state index is 2.40. The molecule has 0 bridgehead atoms. The van der Waals surface area contributed by atoms with E-state index in [1.165, 1.54) is 38.5 Å². The minimum Gasteiger partial charge on any atom is -0.0858 e. The van der Waals surface area contributed by atoms with Gasteiger partial charge in [-0.15, -0.1) is 0 Å². The molecule has 1 aliphatic carbocycles. The largest absolute Gasteiger partial charge is 0.140 e. The Bertz CT molecular complexity index is 114. The maximum atomic E-state index is 2.40. The molecule has 0 saturated heterocycles. The zero-order chi connectivity index (χ0) is 8.32. The molecule has 0 aliphatic heterocycles. The Kier molecular flexibility index (Phi) is 3.03. The van der Waals surface area contributed by atoms with Gasteiger partial charge in [0.2, 0.25) is 0 Å². The highest BCUT2D eigenvalue weighted by Gasteiger charge is 2.39. The van der Waals surface area contributed by atoms with Crippen LogP contribution in [0.5, 0.6) is 0 Å². The average molecular weight is 152 g/mol. The summed E-state index contributed by atoms with van der Waals surface area (Å²) in [7, 11) is 0. The van der Waals surface area contributed by atoms with E-state index in [0.717, 1.165) is 12.0 Å². The van der Waals surface area contributed by atoms with Crippen molar-refractivity contribution in [3.05, 3.63) is 0 Å². The summed E-state index contributed by atoms with van der Waals surface area (Å²) < 4.78 is 0. The molecule has 11 heavy (non-hydrogen) atoms.